The molecule has 1 amide bonds. The lowest BCUT2D eigenvalue weighted by molar-refractivity contribution is -0.121. The van der Waals surface area contributed by atoms with E-state index < -0.39 is 0 Å². The molecule has 0 spiro atoms. The Morgan fingerprint density at radius 2 is 2.32 bits per heavy atom. The van der Waals surface area contributed by atoms with Crippen molar-refractivity contribution < 1.29 is 4.79 Å². The minimum atomic E-state index is 0.184. The molecule has 2 saturated carbocycles. The molecule has 0 saturated heterocycles. The average molecular weight is 261 g/mol. The zero-order valence-corrected chi connectivity index (χ0v) is 11.8. The van der Waals surface area contributed by atoms with Crippen LogP contribution in [-0.4, -0.2) is 15.5 Å². The molecule has 0 radical (unpaired) electrons. The first-order valence-corrected chi connectivity index (χ1v) is 7.45. The number of nitrogens with zero attached hydrogens (tertiary/aromatic N) is 2. The maximum atomic E-state index is 12.4. The minimum absolute atomic E-state index is 0.184. The van der Waals surface area contributed by atoms with Gasteiger partial charge < -0.3 is 4.57 Å². The number of hydrogen-bond acceptors (Lipinski definition) is 2. The molecule has 1 N–H and O–H groups in total. The molecule has 1 aromatic rings. The van der Waals surface area contributed by atoms with Gasteiger partial charge in [0.15, 0.2) is 0 Å². The molecule has 3 atom stereocenters. The second kappa shape index (κ2) is 4.99. The van der Waals surface area contributed by atoms with Gasteiger partial charge in [0.05, 0.1) is 0 Å². The van der Waals surface area contributed by atoms with Crippen LogP contribution in [0.4, 0.5) is 5.95 Å². The quantitative estimate of drug-likeness (QED) is 0.906. The molecule has 3 unspecified atom stereocenters. The first-order chi connectivity index (χ1) is 9.13. The monoisotopic (exact) mass is 261 g/mol. The number of amides is 1. The van der Waals surface area contributed by atoms with Crippen molar-refractivity contribution in [2.45, 2.75) is 46.1 Å². The first-order valence-electron chi connectivity index (χ1n) is 7.45. The number of rotatable bonds is 4. The van der Waals surface area contributed by atoms with Crippen LogP contribution in [0.3, 0.4) is 0 Å². The molecule has 104 valence electrons. The van der Waals surface area contributed by atoms with Crippen LogP contribution in [0.5, 0.6) is 0 Å². The molecule has 2 fully saturated rings. The summed E-state index contributed by atoms with van der Waals surface area (Å²) in [4.78, 5) is 16.6. The second-order valence-electron chi connectivity index (χ2n) is 6.57. The minimum Gasteiger partial charge on any atom is -0.317 e. The predicted molar refractivity (Wildman–Crippen MR) is 74.6 cm³/mol. The number of fused-ring (bicyclic) bond motifs is 2. The van der Waals surface area contributed by atoms with Gasteiger partial charge in [-0.3, -0.25) is 10.1 Å². The van der Waals surface area contributed by atoms with Gasteiger partial charge in [-0.25, -0.2) is 4.98 Å². The van der Waals surface area contributed by atoms with E-state index in [4.69, 9.17) is 0 Å². The van der Waals surface area contributed by atoms with Crippen LogP contribution in [-0.2, 0) is 11.3 Å². The number of imidazole rings is 1. The van der Waals surface area contributed by atoms with Crippen LogP contribution in [0.15, 0.2) is 12.4 Å². The van der Waals surface area contributed by atoms with Crippen molar-refractivity contribution >= 4 is 11.9 Å². The SMILES string of the molecule is CC(C)Cn1ccnc1NC(=O)C1CC2CCC1C2. The van der Waals surface area contributed by atoms with Crippen LogP contribution >= 0.6 is 0 Å². The smallest absolute Gasteiger partial charge is 0.230 e. The summed E-state index contributed by atoms with van der Waals surface area (Å²) >= 11 is 0. The molecule has 4 nitrogen and oxygen atoms in total. The summed E-state index contributed by atoms with van der Waals surface area (Å²) in [5.41, 5.74) is 0. The third-order valence-electron chi connectivity index (χ3n) is 4.59. The van der Waals surface area contributed by atoms with E-state index in [2.05, 4.69) is 24.1 Å². The third-order valence-corrected chi connectivity index (χ3v) is 4.59. The van der Waals surface area contributed by atoms with Crippen LogP contribution in [0.1, 0.15) is 39.5 Å². The maximum absolute atomic E-state index is 12.4. The maximum Gasteiger partial charge on any atom is 0.230 e. The fourth-order valence-electron chi connectivity index (χ4n) is 3.74. The summed E-state index contributed by atoms with van der Waals surface area (Å²) in [6, 6.07) is 0. The van der Waals surface area contributed by atoms with Crippen LogP contribution in [0, 0.1) is 23.7 Å². The highest BCUT2D eigenvalue weighted by Crippen LogP contribution is 2.48. The number of carbonyl (C=O) groups is 1. The Kier molecular flexibility index (Phi) is 3.33. The lowest BCUT2D eigenvalue weighted by Gasteiger charge is -2.21. The second-order valence-corrected chi connectivity index (χ2v) is 6.57. The van der Waals surface area contributed by atoms with Gasteiger partial charge in [0.1, 0.15) is 0 Å². The molecular formula is C15H23N3O. The number of carbonyl (C=O) groups excluding carboxylic acids is 1. The van der Waals surface area contributed by atoms with E-state index in [0.717, 1.165) is 18.9 Å². The highest BCUT2D eigenvalue weighted by Gasteiger charge is 2.43. The molecular weight excluding hydrogens is 238 g/mol. The lowest BCUT2D eigenvalue weighted by atomic mass is 9.88. The van der Waals surface area contributed by atoms with Gasteiger partial charge in [-0.1, -0.05) is 20.3 Å². The molecule has 1 heterocycles. The fourth-order valence-corrected chi connectivity index (χ4v) is 3.74. The molecule has 2 bridgehead atoms. The van der Waals surface area contributed by atoms with E-state index in [1.807, 2.05) is 10.8 Å². The van der Waals surface area contributed by atoms with Crippen molar-refractivity contribution in [1.29, 1.82) is 0 Å². The Morgan fingerprint density at radius 1 is 1.47 bits per heavy atom. The van der Waals surface area contributed by atoms with E-state index >= 15 is 0 Å². The number of nitrogens with one attached hydrogen (secondary N) is 1. The number of anilines is 1. The van der Waals surface area contributed by atoms with Crippen molar-refractivity contribution in [2.24, 2.45) is 23.7 Å². The zero-order chi connectivity index (χ0) is 13.4. The van der Waals surface area contributed by atoms with Crippen molar-refractivity contribution in [3.8, 4) is 0 Å². The normalized spacial score (nSPS) is 29.1. The summed E-state index contributed by atoms with van der Waals surface area (Å²) in [5.74, 6) is 3.09. The number of aromatic nitrogens is 2. The van der Waals surface area contributed by atoms with Gasteiger partial charge in [0.2, 0.25) is 11.9 Å². The predicted octanol–water partition coefficient (Wildman–Crippen LogP) is 2.91. The Labute approximate surface area is 114 Å². The largest absolute Gasteiger partial charge is 0.317 e. The molecule has 2 aliphatic rings. The van der Waals surface area contributed by atoms with Crippen molar-refractivity contribution in [2.75, 3.05) is 5.32 Å². The van der Waals surface area contributed by atoms with E-state index in [1.165, 1.54) is 19.3 Å². The van der Waals surface area contributed by atoms with E-state index in [9.17, 15) is 4.79 Å². The van der Waals surface area contributed by atoms with Crippen LogP contribution in [0.2, 0.25) is 0 Å². The fraction of sp³-hybridized carbons (Fsp3) is 0.733. The Morgan fingerprint density at radius 3 is 2.95 bits per heavy atom. The standard InChI is InChI=1S/C15H23N3O/c1-10(2)9-18-6-5-16-15(18)17-14(19)13-8-11-3-4-12(13)7-11/h5-6,10-13H,3-4,7-9H2,1-2H3,(H,16,17,19). The van der Waals surface area contributed by atoms with Gasteiger partial charge in [0.25, 0.3) is 0 Å². The van der Waals surface area contributed by atoms with Gasteiger partial charge in [-0.15, -0.1) is 0 Å². The molecule has 1 aromatic heterocycles. The Hall–Kier alpha value is -1.32. The molecule has 0 aromatic carbocycles. The highest BCUT2D eigenvalue weighted by atomic mass is 16.2. The third kappa shape index (κ3) is 2.53. The van der Waals surface area contributed by atoms with Crippen molar-refractivity contribution in [3.63, 3.8) is 0 Å². The Balaban J connectivity index is 1.65. The van der Waals surface area contributed by atoms with E-state index in [0.29, 0.717) is 17.8 Å². The van der Waals surface area contributed by atoms with E-state index in [-0.39, 0.29) is 11.8 Å². The summed E-state index contributed by atoms with van der Waals surface area (Å²) in [6.45, 7) is 5.23. The topological polar surface area (TPSA) is 46.9 Å². The average Bonchev–Trinajstić information content (AvgIpc) is 3.05. The molecule has 0 aliphatic heterocycles. The summed E-state index contributed by atoms with van der Waals surface area (Å²) in [5, 5.41) is 3.04. The van der Waals surface area contributed by atoms with Crippen molar-refractivity contribution in [3.05, 3.63) is 12.4 Å². The van der Waals surface area contributed by atoms with Gasteiger partial charge in [0, 0.05) is 24.9 Å². The Bertz CT molecular complexity index is 466. The van der Waals surface area contributed by atoms with Gasteiger partial charge in [-0.2, -0.15) is 0 Å². The van der Waals surface area contributed by atoms with Gasteiger partial charge in [-0.05, 0) is 37.0 Å². The summed E-state index contributed by atoms with van der Waals surface area (Å²) < 4.78 is 2.04. The lowest BCUT2D eigenvalue weighted by Crippen LogP contribution is -2.28. The summed E-state index contributed by atoms with van der Waals surface area (Å²) in [7, 11) is 0. The zero-order valence-electron chi connectivity index (χ0n) is 11.8. The first kappa shape index (κ1) is 12.7. The highest BCUT2D eigenvalue weighted by molar-refractivity contribution is 5.91. The van der Waals surface area contributed by atoms with E-state index in [1.54, 1.807) is 6.20 Å². The summed E-state index contributed by atoms with van der Waals surface area (Å²) in [6.07, 6.45) is 8.62. The molecule has 19 heavy (non-hydrogen) atoms. The number of hydrogen-bond donors (Lipinski definition) is 1. The van der Waals surface area contributed by atoms with Crippen LogP contribution < -0.4 is 5.32 Å². The molecule has 3 rings (SSSR count). The van der Waals surface area contributed by atoms with Crippen LogP contribution in [0.25, 0.3) is 0 Å². The molecule has 4 heteroatoms. The van der Waals surface area contributed by atoms with Crippen molar-refractivity contribution in [1.82, 2.24) is 9.55 Å². The van der Waals surface area contributed by atoms with Gasteiger partial charge >= 0.3 is 0 Å². The molecule has 2 aliphatic carbocycles.